The summed E-state index contributed by atoms with van der Waals surface area (Å²) >= 11 is 0. The topological polar surface area (TPSA) is 86.7 Å². The molecule has 6 nitrogen and oxygen atoms in total. The van der Waals surface area contributed by atoms with Crippen LogP contribution in [0.25, 0.3) is 6.08 Å². The van der Waals surface area contributed by atoms with Gasteiger partial charge in [0.1, 0.15) is 11.7 Å². The van der Waals surface area contributed by atoms with Gasteiger partial charge in [0.2, 0.25) is 0 Å². The van der Waals surface area contributed by atoms with Crippen LogP contribution in [0.4, 0.5) is 26.3 Å². The van der Waals surface area contributed by atoms with E-state index >= 15 is 0 Å². The zero-order valence-corrected chi connectivity index (χ0v) is 18.5. The maximum absolute atomic E-state index is 13.3. The lowest BCUT2D eigenvalue weighted by Crippen LogP contribution is -2.50. The van der Waals surface area contributed by atoms with Gasteiger partial charge in [-0.05, 0) is 67.3 Å². The summed E-state index contributed by atoms with van der Waals surface area (Å²) in [5.74, 6) is -3.23. The van der Waals surface area contributed by atoms with Crippen molar-refractivity contribution in [3.8, 4) is 0 Å². The van der Waals surface area contributed by atoms with Crippen LogP contribution in [0.2, 0.25) is 0 Å². The van der Waals surface area contributed by atoms with E-state index in [0.29, 0.717) is 25.0 Å². The van der Waals surface area contributed by atoms with Crippen LogP contribution in [0, 0.1) is 0 Å². The zero-order valence-electron chi connectivity index (χ0n) is 18.5. The molecule has 3 rings (SSSR count). The number of benzene rings is 2. The molecule has 0 bridgehead atoms. The molecule has 0 spiro atoms. The predicted molar refractivity (Wildman–Crippen MR) is 115 cm³/mol. The van der Waals surface area contributed by atoms with Crippen molar-refractivity contribution in [2.45, 2.75) is 37.7 Å². The first-order chi connectivity index (χ1) is 16.8. The first-order valence-corrected chi connectivity index (χ1v) is 10.7. The van der Waals surface area contributed by atoms with E-state index in [2.05, 4.69) is 5.32 Å². The van der Waals surface area contributed by atoms with Gasteiger partial charge in [-0.3, -0.25) is 9.59 Å². The molecule has 192 valence electrons. The maximum Gasteiger partial charge on any atom is 0.416 e. The maximum atomic E-state index is 13.3. The molecular weight excluding hydrogens is 494 g/mol. The monoisotopic (exact) mass is 514 g/mol. The molecule has 1 atom stereocenters. The van der Waals surface area contributed by atoms with E-state index in [0.717, 1.165) is 41.3 Å². The van der Waals surface area contributed by atoms with Crippen molar-refractivity contribution in [1.82, 2.24) is 10.2 Å². The van der Waals surface area contributed by atoms with Gasteiger partial charge in [0.05, 0.1) is 11.1 Å². The van der Waals surface area contributed by atoms with Gasteiger partial charge in [-0.25, -0.2) is 4.79 Å². The molecule has 2 aromatic carbocycles. The molecule has 0 saturated carbocycles. The standard InChI is InChI=1S/C24H20F6N2O4/c25-23(26,27)16-9-7-15(8-10-16)20(33)31-18(13-14-4-3-5-17(12-14)24(28,29)30)21(34)32-11-2-1-6-19(32)22(35)36/h3-5,7-10,12-13,19H,1-2,6,11H2,(H,31,33)(H,35,36). The molecule has 1 fully saturated rings. The van der Waals surface area contributed by atoms with Crippen molar-refractivity contribution in [2.24, 2.45) is 0 Å². The van der Waals surface area contributed by atoms with Crippen molar-refractivity contribution in [1.29, 1.82) is 0 Å². The number of likely N-dealkylation sites (tertiary alicyclic amines) is 1. The lowest BCUT2D eigenvalue weighted by molar-refractivity contribution is -0.150. The molecule has 12 heteroatoms. The second-order valence-corrected chi connectivity index (χ2v) is 8.06. The van der Waals surface area contributed by atoms with Gasteiger partial charge in [0.25, 0.3) is 11.8 Å². The zero-order chi connectivity index (χ0) is 26.7. The number of hydrogen-bond donors (Lipinski definition) is 2. The number of amides is 2. The molecular formula is C24H20F6N2O4. The summed E-state index contributed by atoms with van der Waals surface area (Å²) in [6, 6.07) is 5.77. The number of halogens is 6. The highest BCUT2D eigenvalue weighted by Crippen LogP contribution is 2.31. The van der Waals surface area contributed by atoms with Crippen LogP contribution in [0.3, 0.4) is 0 Å². The minimum absolute atomic E-state index is 0.0336. The molecule has 1 aliphatic rings. The molecule has 1 saturated heterocycles. The van der Waals surface area contributed by atoms with Gasteiger partial charge in [-0.2, -0.15) is 26.3 Å². The normalized spacial score (nSPS) is 17.0. The quantitative estimate of drug-likeness (QED) is 0.436. The second-order valence-electron chi connectivity index (χ2n) is 8.06. The Morgan fingerprint density at radius 2 is 1.56 bits per heavy atom. The Morgan fingerprint density at radius 3 is 2.14 bits per heavy atom. The highest BCUT2D eigenvalue weighted by molar-refractivity contribution is 6.06. The summed E-state index contributed by atoms with van der Waals surface area (Å²) in [4.78, 5) is 38.6. The van der Waals surface area contributed by atoms with E-state index in [1.165, 1.54) is 6.07 Å². The van der Waals surface area contributed by atoms with E-state index in [1.807, 2.05) is 0 Å². The van der Waals surface area contributed by atoms with Gasteiger partial charge in [-0.1, -0.05) is 12.1 Å². The number of hydrogen-bond acceptors (Lipinski definition) is 3. The third kappa shape index (κ3) is 6.43. The number of carboxylic acid groups (broad SMARTS) is 1. The molecule has 0 aromatic heterocycles. The fraction of sp³-hybridized carbons (Fsp3) is 0.292. The van der Waals surface area contributed by atoms with Crippen molar-refractivity contribution >= 4 is 23.9 Å². The average molecular weight is 514 g/mol. The van der Waals surface area contributed by atoms with Crippen molar-refractivity contribution < 1.29 is 45.8 Å². The Morgan fingerprint density at radius 1 is 0.917 bits per heavy atom. The lowest BCUT2D eigenvalue weighted by Gasteiger charge is -2.33. The summed E-state index contributed by atoms with van der Waals surface area (Å²) < 4.78 is 77.8. The van der Waals surface area contributed by atoms with Crippen molar-refractivity contribution in [3.63, 3.8) is 0 Å². The minimum Gasteiger partial charge on any atom is -0.480 e. The van der Waals surface area contributed by atoms with E-state index in [4.69, 9.17) is 0 Å². The third-order valence-corrected chi connectivity index (χ3v) is 5.53. The van der Waals surface area contributed by atoms with Gasteiger partial charge in [0, 0.05) is 12.1 Å². The summed E-state index contributed by atoms with van der Waals surface area (Å²) in [6.07, 6.45) is -7.21. The number of piperidine rings is 1. The van der Waals surface area contributed by atoms with Gasteiger partial charge >= 0.3 is 18.3 Å². The molecule has 2 N–H and O–H groups in total. The number of nitrogens with zero attached hydrogens (tertiary/aromatic N) is 1. The molecule has 1 heterocycles. The van der Waals surface area contributed by atoms with Crippen LogP contribution >= 0.6 is 0 Å². The first-order valence-electron chi connectivity index (χ1n) is 10.7. The van der Waals surface area contributed by atoms with Gasteiger partial charge < -0.3 is 15.3 Å². The Bertz CT molecular complexity index is 1170. The predicted octanol–water partition coefficient (Wildman–Crippen LogP) is 4.96. The van der Waals surface area contributed by atoms with Gasteiger partial charge in [-0.15, -0.1) is 0 Å². The molecule has 1 unspecified atom stereocenters. The second kappa shape index (κ2) is 10.4. The Kier molecular flexibility index (Phi) is 7.75. The van der Waals surface area contributed by atoms with Crippen molar-refractivity contribution in [3.05, 3.63) is 76.5 Å². The molecule has 0 radical (unpaired) electrons. The van der Waals surface area contributed by atoms with Crippen LogP contribution in [0.5, 0.6) is 0 Å². The van der Waals surface area contributed by atoms with Crippen LogP contribution in [-0.4, -0.2) is 40.4 Å². The lowest BCUT2D eigenvalue weighted by atomic mass is 10.0. The largest absolute Gasteiger partial charge is 0.480 e. The number of carbonyl (C=O) groups excluding carboxylic acids is 2. The highest BCUT2D eigenvalue weighted by Gasteiger charge is 2.35. The Balaban J connectivity index is 1.98. The summed E-state index contributed by atoms with van der Waals surface area (Å²) in [7, 11) is 0. The summed E-state index contributed by atoms with van der Waals surface area (Å²) in [5.41, 5.74) is -2.90. The van der Waals surface area contributed by atoms with Crippen LogP contribution in [-0.2, 0) is 21.9 Å². The number of aliphatic carboxylic acids is 1. The fourth-order valence-electron chi connectivity index (χ4n) is 3.71. The summed E-state index contributed by atoms with van der Waals surface area (Å²) in [5, 5.41) is 11.7. The van der Waals surface area contributed by atoms with E-state index < -0.39 is 53.0 Å². The summed E-state index contributed by atoms with van der Waals surface area (Å²) in [6.45, 7) is 0.0336. The smallest absolute Gasteiger partial charge is 0.416 e. The SMILES string of the molecule is O=C(NC(=Cc1cccc(C(F)(F)F)c1)C(=O)N1CCCCC1C(=O)O)c1ccc(C(F)(F)F)cc1. The number of carbonyl (C=O) groups is 3. The van der Waals surface area contributed by atoms with Gasteiger partial charge in [0.15, 0.2) is 0 Å². The first kappa shape index (κ1) is 26.8. The van der Waals surface area contributed by atoms with E-state index in [-0.39, 0.29) is 24.1 Å². The van der Waals surface area contributed by atoms with Crippen molar-refractivity contribution in [2.75, 3.05) is 6.54 Å². The fourth-order valence-corrected chi connectivity index (χ4v) is 3.71. The number of alkyl halides is 6. The molecule has 36 heavy (non-hydrogen) atoms. The van der Waals surface area contributed by atoms with Crippen LogP contribution < -0.4 is 5.32 Å². The van der Waals surface area contributed by atoms with Crippen LogP contribution in [0.1, 0.15) is 46.3 Å². The Labute approximate surface area is 201 Å². The number of nitrogens with one attached hydrogen (secondary N) is 1. The average Bonchev–Trinajstić information content (AvgIpc) is 2.82. The van der Waals surface area contributed by atoms with E-state index in [9.17, 15) is 45.8 Å². The third-order valence-electron chi connectivity index (χ3n) is 5.53. The Hall–Kier alpha value is -3.83. The van der Waals surface area contributed by atoms with Crippen LogP contribution in [0.15, 0.2) is 54.2 Å². The molecule has 2 amide bonds. The minimum atomic E-state index is -4.68. The number of rotatable bonds is 5. The van der Waals surface area contributed by atoms with E-state index in [1.54, 1.807) is 0 Å². The molecule has 1 aliphatic heterocycles. The molecule has 0 aliphatic carbocycles. The molecule has 2 aromatic rings. The number of carboxylic acids is 1. The highest BCUT2D eigenvalue weighted by atomic mass is 19.4.